The Labute approximate surface area is 79.5 Å². The van der Waals surface area contributed by atoms with E-state index in [0.717, 1.165) is 12.4 Å². The molecule has 0 aliphatic heterocycles. The van der Waals surface area contributed by atoms with Gasteiger partial charge < -0.3 is 9.84 Å². The molecule has 7 heteroatoms. The Bertz CT molecular complexity index is 313. The monoisotopic (exact) mass is 199 g/mol. The number of aliphatic hydroxyl groups is 1. The Hall–Kier alpha value is -1.76. The Morgan fingerprint density at radius 1 is 1.64 bits per heavy atom. The predicted octanol–water partition coefficient (Wildman–Crippen LogP) is 0.144. The number of nitrogens with zero attached hydrogens (tertiary/aromatic N) is 3. The van der Waals surface area contributed by atoms with Crippen LogP contribution >= 0.6 is 0 Å². The fraction of sp³-hybridized carbons (Fsp3) is 0.429. The van der Waals surface area contributed by atoms with Crippen LogP contribution in [0.3, 0.4) is 0 Å². The van der Waals surface area contributed by atoms with Crippen LogP contribution in [0.15, 0.2) is 12.4 Å². The Morgan fingerprint density at radius 2 is 2.21 bits per heavy atom. The van der Waals surface area contributed by atoms with Crippen LogP contribution in [0.4, 0.5) is 5.69 Å². The van der Waals surface area contributed by atoms with Crippen LogP contribution < -0.4 is 4.74 Å². The lowest BCUT2D eigenvalue weighted by Crippen LogP contribution is -2.17. The average Bonchev–Trinajstić information content (AvgIpc) is 2.18. The van der Waals surface area contributed by atoms with Crippen LogP contribution in [0, 0.1) is 10.1 Å². The van der Waals surface area contributed by atoms with Gasteiger partial charge in [-0.3, -0.25) is 10.1 Å². The maximum Gasteiger partial charge on any atom is 0.317 e. The first-order chi connectivity index (χ1) is 6.63. The minimum atomic E-state index is -0.598. The van der Waals surface area contributed by atoms with Crippen molar-refractivity contribution in [1.82, 2.24) is 9.97 Å². The van der Waals surface area contributed by atoms with E-state index < -0.39 is 11.0 Å². The molecule has 0 radical (unpaired) electrons. The first-order valence-corrected chi connectivity index (χ1v) is 3.87. The number of rotatable bonds is 4. The van der Waals surface area contributed by atoms with E-state index in [4.69, 9.17) is 9.84 Å². The molecular formula is C7H9N3O4. The van der Waals surface area contributed by atoms with Crippen molar-refractivity contribution in [2.24, 2.45) is 0 Å². The molecule has 0 unspecified atom stereocenters. The lowest BCUT2D eigenvalue weighted by atomic mass is 10.4. The highest BCUT2D eigenvalue weighted by atomic mass is 16.6. The lowest BCUT2D eigenvalue weighted by Gasteiger charge is -2.08. The number of hydrogen-bond donors (Lipinski definition) is 1. The zero-order valence-corrected chi connectivity index (χ0v) is 7.45. The molecule has 1 N–H and O–H groups in total. The van der Waals surface area contributed by atoms with Crippen molar-refractivity contribution in [3.8, 4) is 6.01 Å². The molecule has 1 heterocycles. The highest BCUT2D eigenvalue weighted by Gasteiger charge is 2.09. The van der Waals surface area contributed by atoms with E-state index >= 15 is 0 Å². The van der Waals surface area contributed by atoms with E-state index in [9.17, 15) is 10.1 Å². The van der Waals surface area contributed by atoms with Crippen molar-refractivity contribution >= 4 is 5.69 Å². The fourth-order valence-corrected chi connectivity index (χ4v) is 0.682. The SMILES string of the molecule is C[C@H](CO)Oc1ncc([N+](=O)[O-])cn1. The van der Waals surface area contributed by atoms with Crippen LogP contribution in [-0.4, -0.2) is 32.7 Å². The zero-order chi connectivity index (χ0) is 10.6. The molecule has 0 aromatic carbocycles. The van der Waals surface area contributed by atoms with Gasteiger partial charge in [-0.05, 0) is 6.92 Å². The van der Waals surface area contributed by atoms with Crippen LogP contribution in [0.25, 0.3) is 0 Å². The average molecular weight is 199 g/mol. The summed E-state index contributed by atoms with van der Waals surface area (Å²) in [7, 11) is 0. The van der Waals surface area contributed by atoms with Crippen molar-refractivity contribution in [3.05, 3.63) is 22.5 Å². The smallest absolute Gasteiger partial charge is 0.317 e. The zero-order valence-electron chi connectivity index (χ0n) is 7.45. The minimum Gasteiger partial charge on any atom is -0.458 e. The summed E-state index contributed by atoms with van der Waals surface area (Å²) in [6.07, 6.45) is 1.66. The van der Waals surface area contributed by atoms with E-state index in [0.29, 0.717) is 0 Å². The lowest BCUT2D eigenvalue weighted by molar-refractivity contribution is -0.385. The van der Waals surface area contributed by atoms with E-state index in [1.165, 1.54) is 0 Å². The number of hydrogen-bond acceptors (Lipinski definition) is 6. The van der Waals surface area contributed by atoms with E-state index in [2.05, 4.69) is 9.97 Å². The molecule has 76 valence electrons. The molecule has 0 aliphatic carbocycles. The third-order valence-electron chi connectivity index (χ3n) is 1.39. The van der Waals surface area contributed by atoms with Crippen LogP contribution in [-0.2, 0) is 0 Å². The van der Waals surface area contributed by atoms with Gasteiger partial charge in [0.05, 0.1) is 11.5 Å². The Kier molecular flexibility index (Phi) is 3.29. The van der Waals surface area contributed by atoms with Crippen molar-refractivity contribution in [1.29, 1.82) is 0 Å². The summed E-state index contributed by atoms with van der Waals surface area (Å²) in [6, 6.07) is 0.0113. The van der Waals surface area contributed by atoms with E-state index in [1.54, 1.807) is 6.92 Å². The van der Waals surface area contributed by atoms with Gasteiger partial charge in [0.15, 0.2) is 0 Å². The van der Waals surface area contributed by atoms with Gasteiger partial charge in [-0.15, -0.1) is 0 Å². The molecule has 0 aliphatic rings. The Balaban J connectivity index is 2.68. The van der Waals surface area contributed by atoms with Gasteiger partial charge in [0.2, 0.25) is 0 Å². The molecule has 0 fully saturated rings. The molecule has 0 saturated heterocycles. The van der Waals surface area contributed by atoms with Crippen molar-refractivity contribution in [3.63, 3.8) is 0 Å². The van der Waals surface area contributed by atoms with Crippen molar-refractivity contribution in [2.75, 3.05) is 6.61 Å². The summed E-state index contributed by atoms with van der Waals surface area (Å²) in [5.41, 5.74) is -0.200. The molecule has 0 spiro atoms. The first kappa shape index (κ1) is 10.3. The summed E-state index contributed by atoms with van der Waals surface area (Å²) in [4.78, 5) is 16.8. The molecule has 1 aromatic rings. The van der Waals surface area contributed by atoms with E-state index in [-0.39, 0.29) is 18.3 Å². The molecule has 1 rings (SSSR count). The summed E-state index contributed by atoms with van der Waals surface area (Å²) < 4.78 is 5.00. The second kappa shape index (κ2) is 4.47. The molecule has 0 bridgehead atoms. The second-order valence-corrected chi connectivity index (χ2v) is 2.59. The summed E-state index contributed by atoms with van der Waals surface area (Å²) in [6.45, 7) is 1.46. The van der Waals surface area contributed by atoms with Crippen LogP contribution in [0.1, 0.15) is 6.92 Å². The third-order valence-corrected chi connectivity index (χ3v) is 1.39. The normalized spacial score (nSPS) is 12.1. The van der Waals surface area contributed by atoms with Crippen LogP contribution in [0.5, 0.6) is 6.01 Å². The maximum atomic E-state index is 10.2. The molecule has 1 aromatic heterocycles. The quantitative estimate of drug-likeness (QED) is 0.547. The predicted molar refractivity (Wildman–Crippen MR) is 45.9 cm³/mol. The molecule has 0 saturated carbocycles. The van der Waals surface area contributed by atoms with Gasteiger partial charge >= 0.3 is 11.7 Å². The highest BCUT2D eigenvalue weighted by molar-refractivity contribution is 5.21. The third kappa shape index (κ3) is 2.63. The molecule has 0 amide bonds. The standard InChI is InChI=1S/C7H9N3O4/c1-5(4-11)14-7-8-2-6(3-9-7)10(12)13/h2-3,5,11H,4H2,1H3/t5-/m1/s1. The van der Waals surface area contributed by atoms with Gasteiger partial charge in [-0.25, -0.2) is 0 Å². The first-order valence-electron chi connectivity index (χ1n) is 3.87. The number of ether oxygens (including phenoxy) is 1. The van der Waals surface area contributed by atoms with Gasteiger partial charge in [0.1, 0.15) is 18.5 Å². The topological polar surface area (TPSA) is 98.4 Å². The highest BCUT2D eigenvalue weighted by Crippen LogP contribution is 2.10. The maximum absolute atomic E-state index is 10.2. The van der Waals surface area contributed by atoms with E-state index in [1.807, 2.05) is 0 Å². The number of aliphatic hydroxyl groups excluding tert-OH is 1. The number of aromatic nitrogens is 2. The van der Waals surface area contributed by atoms with Gasteiger partial charge in [-0.1, -0.05) is 0 Å². The summed E-state index contributed by atoms with van der Waals surface area (Å²) in [5.74, 6) is 0. The van der Waals surface area contributed by atoms with Crippen LogP contribution in [0.2, 0.25) is 0 Å². The molecule has 7 nitrogen and oxygen atoms in total. The van der Waals surface area contributed by atoms with Crippen molar-refractivity contribution < 1.29 is 14.8 Å². The fourth-order valence-electron chi connectivity index (χ4n) is 0.682. The Morgan fingerprint density at radius 3 is 2.64 bits per heavy atom. The second-order valence-electron chi connectivity index (χ2n) is 2.59. The molecule has 1 atom stereocenters. The van der Waals surface area contributed by atoms with Crippen molar-refractivity contribution in [2.45, 2.75) is 13.0 Å². The summed E-state index contributed by atoms with van der Waals surface area (Å²) >= 11 is 0. The summed E-state index contributed by atoms with van der Waals surface area (Å²) in [5, 5.41) is 18.9. The minimum absolute atomic E-state index is 0.0113. The van der Waals surface area contributed by atoms with Gasteiger partial charge in [0.25, 0.3) is 0 Å². The van der Waals surface area contributed by atoms with Gasteiger partial charge in [-0.2, -0.15) is 9.97 Å². The van der Waals surface area contributed by atoms with Gasteiger partial charge in [0, 0.05) is 0 Å². The molecular weight excluding hydrogens is 190 g/mol. The largest absolute Gasteiger partial charge is 0.458 e. The number of nitro groups is 1. The molecule has 14 heavy (non-hydrogen) atoms.